The maximum atomic E-state index is 13.1. The smallest absolute Gasteiger partial charge is 0.230 e. The van der Waals surface area contributed by atoms with Crippen LogP contribution in [0.5, 0.6) is 0 Å². The Kier molecular flexibility index (Phi) is 6.73. The molecule has 182 valence electrons. The molecule has 0 spiro atoms. The van der Waals surface area contributed by atoms with Crippen LogP contribution in [-0.4, -0.2) is 60.2 Å². The van der Waals surface area contributed by atoms with E-state index in [0.29, 0.717) is 0 Å². The highest BCUT2D eigenvalue weighted by molar-refractivity contribution is 5.15. The molecule has 0 fully saturated rings. The van der Waals surface area contributed by atoms with Crippen molar-refractivity contribution in [1.82, 2.24) is 0 Å². The Morgan fingerprint density at radius 1 is 0.333 bits per heavy atom. The van der Waals surface area contributed by atoms with E-state index < -0.39 is 60.2 Å². The minimum atomic E-state index is -8.87. The van der Waals surface area contributed by atoms with Gasteiger partial charge in [-0.25, -0.2) is 13.2 Å². The molecule has 0 aromatic rings. The number of halogens is 20. The fraction of sp³-hybridized carbons (Fsp3) is 1.00. The average Bonchev–Trinajstić information content (AvgIpc) is 2.51. The number of alkyl halides is 20. The second-order valence-corrected chi connectivity index (χ2v) is 5.32. The molecule has 0 aliphatic carbocycles. The Labute approximate surface area is 149 Å². The standard InChI is InChI=1S/C10H2F20/c11-1(5(18,19)20)3(14,15)6(21,22)8(25,26)10(29,30)9(27,28)7(23,24)4(16,17)2(12)13/h1-2H. The van der Waals surface area contributed by atoms with E-state index in [1.165, 1.54) is 0 Å². The molecule has 0 saturated carbocycles. The molecule has 30 heavy (non-hydrogen) atoms. The van der Waals surface area contributed by atoms with E-state index >= 15 is 0 Å². The van der Waals surface area contributed by atoms with Crippen molar-refractivity contribution in [3.63, 3.8) is 0 Å². The molecule has 0 amide bonds. The summed E-state index contributed by atoms with van der Waals surface area (Å²) in [5.41, 5.74) is 0. The van der Waals surface area contributed by atoms with Gasteiger partial charge in [0.2, 0.25) is 0 Å². The van der Waals surface area contributed by atoms with Crippen LogP contribution in [-0.2, 0) is 0 Å². The third-order valence-corrected chi connectivity index (χ3v) is 3.29. The van der Waals surface area contributed by atoms with E-state index in [2.05, 4.69) is 0 Å². The van der Waals surface area contributed by atoms with Crippen LogP contribution in [0.15, 0.2) is 0 Å². The predicted molar refractivity (Wildman–Crippen MR) is 51.6 cm³/mol. The zero-order valence-electron chi connectivity index (χ0n) is 12.7. The average molecular weight is 502 g/mol. The van der Waals surface area contributed by atoms with Crippen LogP contribution in [0.3, 0.4) is 0 Å². The van der Waals surface area contributed by atoms with E-state index in [1.54, 1.807) is 0 Å². The largest absolute Gasteiger partial charge is 0.425 e. The summed E-state index contributed by atoms with van der Waals surface area (Å²) in [4.78, 5) is 0. The van der Waals surface area contributed by atoms with Crippen LogP contribution in [0, 0.1) is 0 Å². The van der Waals surface area contributed by atoms with Crippen LogP contribution >= 0.6 is 0 Å². The summed E-state index contributed by atoms with van der Waals surface area (Å²) in [6, 6.07) is 0. The van der Waals surface area contributed by atoms with E-state index in [1.807, 2.05) is 0 Å². The van der Waals surface area contributed by atoms with Gasteiger partial charge in [-0.05, 0) is 0 Å². The molecule has 0 radical (unpaired) electrons. The highest BCUT2D eigenvalue weighted by Crippen LogP contribution is 2.63. The Balaban J connectivity index is 6.75. The van der Waals surface area contributed by atoms with Crippen LogP contribution in [0.1, 0.15) is 0 Å². The van der Waals surface area contributed by atoms with E-state index in [9.17, 15) is 87.8 Å². The van der Waals surface area contributed by atoms with Crippen molar-refractivity contribution in [3.8, 4) is 0 Å². The first-order valence-electron chi connectivity index (χ1n) is 6.23. The molecule has 0 N–H and O–H groups in total. The Hall–Kier alpha value is -1.40. The Bertz CT molecular complexity index is 610. The fourth-order valence-corrected chi connectivity index (χ4v) is 1.51. The summed E-state index contributed by atoms with van der Waals surface area (Å²) in [5.74, 6) is -59.2. The molecule has 0 bridgehead atoms. The van der Waals surface area contributed by atoms with Crippen molar-refractivity contribution < 1.29 is 87.8 Å². The number of hydrogen-bond donors (Lipinski definition) is 0. The maximum absolute atomic E-state index is 13.1. The normalized spacial score (nSPS) is 17.5. The summed E-state index contributed by atoms with van der Waals surface area (Å²) < 4.78 is 252. The summed E-state index contributed by atoms with van der Waals surface area (Å²) in [5, 5.41) is 0. The molecule has 1 atom stereocenters. The van der Waals surface area contributed by atoms with Crippen molar-refractivity contribution in [2.45, 2.75) is 60.2 Å². The van der Waals surface area contributed by atoms with E-state index in [0.717, 1.165) is 0 Å². The number of rotatable bonds is 8. The summed E-state index contributed by atoms with van der Waals surface area (Å²) in [6.07, 6.45) is -19.8. The summed E-state index contributed by atoms with van der Waals surface area (Å²) in [6.45, 7) is 0. The van der Waals surface area contributed by atoms with Gasteiger partial charge < -0.3 is 0 Å². The minimum absolute atomic E-state index is 6.05. The van der Waals surface area contributed by atoms with Crippen molar-refractivity contribution in [3.05, 3.63) is 0 Å². The molecular formula is C10H2F20. The van der Waals surface area contributed by atoms with Crippen molar-refractivity contribution >= 4 is 0 Å². The van der Waals surface area contributed by atoms with E-state index in [-0.39, 0.29) is 0 Å². The fourth-order valence-electron chi connectivity index (χ4n) is 1.51. The molecule has 0 aromatic carbocycles. The van der Waals surface area contributed by atoms with Crippen LogP contribution in [0.2, 0.25) is 0 Å². The molecule has 0 aliphatic heterocycles. The van der Waals surface area contributed by atoms with E-state index in [4.69, 9.17) is 0 Å². The maximum Gasteiger partial charge on any atom is 0.425 e. The van der Waals surface area contributed by atoms with Crippen molar-refractivity contribution in [2.75, 3.05) is 0 Å². The highest BCUT2D eigenvalue weighted by atomic mass is 19.4. The van der Waals surface area contributed by atoms with Gasteiger partial charge in [-0.15, -0.1) is 0 Å². The molecule has 1 unspecified atom stereocenters. The quantitative estimate of drug-likeness (QED) is 0.329. The molecule has 0 rings (SSSR count). The molecular weight excluding hydrogens is 500 g/mol. The molecule has 0 aromatic heterocycles. The van der Waals surface area contributed by atoms with Gasteiger partial charge in [0, 0.05) is 0 Å². The summed E-state index contributed by atoms with van der Waals surface area (Å²) in [7, 11) is 0. The van der Waals surface area contributed by atoms with Gasteiger partial charge in [0.1, 0.15) is 0 Å². The van der Waals surface area contributed by atoms with Gasteiger partial charge in [-0.3, -0.25) is 0 Å². The Morgan fingerprint density at radius 3 is 0.800 bits per heavy atom. The zero-order valence-corrected chi connectivity index (χ0v) is 12.7. The molecule has 0 heterocycles. The second-order valence-electron chi connectivity index (χ2n) is 5.32. The lowest BCUT2D eigenvalue weighted by Crippen LogP contribution is -2.75. The first-order valence-corrected chi connectivity index (χ1v) is 6.23. The van der Waals surface area contributed by atoms with Gasteiger partial charge in [0.25, 0.3) is 6.17 Å². The van der Waals surface area contributed by atoms with Crippen LogP contribution < -0.4 is 0 Å². The third-order valence-electron chi connectivity index (χ3n) is 3.29. The van der Waals surface area contributed by atoms with Crippen molar-refractivity contribution in [1.29, 1.82) is 0 Å². The summed E-state index contributed by atoms with van der Waals surface area (Å²) >= 11 is 0. The van der Waals surface area contributed by atoms with Gasteiger partial charge >= 0.3 is 54.1 Å². The van der Waals surface area contributed by atoms with Gasteiger partial charge in [0.15, 0.2) is 0 Å². The highest BCUT2D eigenvalue weighted by Gasteiger charge is 2.94. The first kappa shape index (κ1) is 28.6. The second kappa shape index (κ2) is 7.06. The van der Waals surface area contributed by atoms with Gasteiger partial charge in [-0.1, -0.05) is 0 Å². The lowest BCUT2D eigenvalue weighted by molar-refractivity contribution is -0.453. The lowest BCUT2D eigenvalue weighted by atomic mass is 9.88. The first-order chi connectivity index (χ1) is 12.6. The Morgan fingerprint density at radius 2 is 0.567 bits per heavy atom. The minimum Gasteiger partial charge on any atom is -0.230 e. The lowest BCUT2D eigenvalue weighted by Gasteiger charge is -2.43. The third kappa shape index (κ3) is 3.50. The predicted octanol–water partition coefficient (Wildman–Crippen LogP) is 6.60. The molecule has 0 aliphatic rings. The van der Waals surface area contributed by atoms with Crippen LogP contribution in [0.25, 0.3) is 0 Å². The van der Waals surface area contributed by atoms with Crippen LogP contribution in [0.4, 0.5) is 87.8 Å². The monoisotopic (exact) mass is 502 g/mol. The topological polar surface area (TPSA) is 0 Å². The van der Waals surface area contributed by atoms with Gasteiger partial charge in [-0.2, -0.15) is 74.6 Å². The number of hydrogen-bond acceptors (Lipinski definition) is 0. The molecule has 20 heteroatoms. The zero-order chi connectivity index (χ0) is 25.2. The van der Waals surface area contributed by atoms with Gasteiger partial charge in [0.05, 0.1) is 0 Å². The van der Waals surface area contributed by atoms with Crippen molar-refractivity contribution in [2.24, 2.45) is 0 Å². The molecule has 0 nitrogen and oxygen atoms in total. The molecule has 0 saturated heterocycles. The SMILES string of the molecule is FC(F)C(F)(F)C(F)(F)C(F)(F)C(F)(F)C(F)(F)C(F)(F)C(F)(F)C(F)C(F)(F)F.